The van der Waals surface area contributed by atoms with Gasteiger partial charge in [-0.3, -0.25) is 4.79 Å². The summed E-state index contributed by atoms with van der Waals surface area (Å²) in [5.41, 5.74) is 3.27. The Kier molecular flexibility index (Phi) is 6.54. The third-order valence-electron chi connectivity index (χ3n) is 7.79. The van der Waals surface area contributed by atoms with Crippen LogP contribution in [0.1, 0.15) is 83.2 Å². The van der Waals surface area contributed by atoms with Crippen molar-refractivity contribution in [3.8, 4) is 6.07 Å². The maximum absolute atomic E-state index is 14.1. The monoisotopic (exact) mass is 541 g/mol. The number of thiophene rings is 1. The largest absolute Gasteiger partial charge is 0.410 e. The van der Waals surface area contributed by atoms with Gasteiger partial charge in [-0.15, -0.1) is 11.3 Å². The van der Waals surface area contributed by atoms with Gasteiger partial charge < -0.3 is 10.6 Å². The minimum Gasteiger partial charge on any atom is -0.363 e. The van der Waals surface area contributed by atoms with Gasteiger partial charge in [0.05, 0.1) is 17.8 Å². The summed E-state index contributed by atoms with van der Waals surface area (Å²) in [6.45, 7) is 8.53. The summed E-state index contributed by atoms with van der Waals surface area (Å²) in [6.07, 6.45) is -1.04. The second-order valence-corrected chi connectivity index (χ2v) is 12.4. The van der Waals surface area contributed by atoms with Crippen molar-refractivity contribution < 1.29 is 18.0 Å². The number of nitrogens with one attached hydrogen (secondary N) is 2. The van der Waals surface area contributed by atoms with Crippen LogP contribution in [0.25, 0.3) is 0 Å². The minimum absolute atomic E-state index is 0.0129. The highest BCUT2D eigenvalue weighted by Gasteiger charge is 2.47. The van der Waals surface area contributed by atoms with Crippen LogP contribution in [0.3, 0.4) is 0 Å². The third-order valence-corrected chi connectivity index (χ3v) is 8.96. The van der Waals surface area contributed by atoms with E-state index in [9.17, 15) is 23.2 Å². The van der Waals surface area contributed by atoms with Crippen LogP contribution < -0.4 is 10.6 Å². The summed E-state index contributed by atoms with van der Waals surface area (Å²) in [4.78, 5) is 14.5. The molecule has 38 heavy (non-hydrogen) atoms. The van der Waals surface area contributed by atoms with Crippen molar-refractivity contribution >= 4 is 28.1 Å². The molecule has 0 spiro atoms. The van der Waals surface area contributed by atoms with Crippen LogP contribution in [0, 0.1) is 29.6 Å². The molecule has 1 amide bonds. The Balaban J connectivity index is 1.46. The molecule has 5 rings (SSSR count). The van der Waals surface area contributed by atoms with Gasteiger partial charge >= 0.3 is 6.18 Å². The van der Waals surface area contributed by atoms with Gasteiger partial charge in [0.2, 0.25) is 0 Å². The van der Waals surface area contributed by atoms with Crippen molar-refractivity contribution in [3.05, 3.63) is 63.2 Å². The summed E-state index contributed by atoms with van der Waals surface area (Å²) in [6, 6.07) is 7.03. The topological polar surface area (TPSA) is 82.7 Å². The molecular formula is C28H30F3N5OS. The van der Waals surface area contributed by atoms with Crippen molar-refractivity contribution in [2.45, 2.75) is 71.6 Å². The van der Waals surface area contributed by atoms with Crippen LogP contribution in [0.2, 0.25) is 0 Å². The highest BCUT2D eigenvalue weighted by Crippen LogP contribution is 2.46. The molecule has 0 bridgehead atoms. The molecule has 1 aromatic carbocycles. The second-order valence-electron chi connectivity index (χ2n) is 11.3. The zero-order valence-electron chi connectivity index (χ0n) is 21.7. The molecule has 3 heterocycles. The smallest absolute Gasteiger partial charge is 0.363 e. The summed E-state index contributed by atoms with van der Waals surface area (Å²) in [5.74, 6) is -0.102. The number of alkyl halides is 3. The van der Waals surface area contributed by atoms with Crippen LogP contribution >= 0.6 is 11.3 Å². The summed E-state index contributed by atoms with van der Waals surface area (Å²) in [7, 11) is 0. The van der Waals surface area contributed by atoms with Crippen LogP contribution in [-0.2, 0) is 12.8 Å². The molecule has 1 aliphatic heterocycles. The molecule has 3 aromatic rings. The number of hydrogen-bond donors (Lipinski definition) is 2. The van der Waals surface area contributed by atoms with E-state index in [0.29, 0.717) is 22.0 Å². The predicted molar refractivity (Wildman–Crippen MR) is 141 cm³/mol. The number of fused-ring (bicyclic) bond motifs is 2. The van der Waals surface area contributed by atoms with Crippen molar-refractivity contribution in [2.24, 2.45) is 11.3 Å². The van der Waals surface area contributed by atoms with Crippen LogP contribution in [0.5, 0.6) is 0 Å². The molecule has 2 aromatic heterocycles. The van der Waals surface area contributed by atoms with Gasteiger partial charge in [0, 0.05) is 11.3 Å². The summed E-state index contributed by atoms with van der Waals surface area (Å²) in [5, 5.41) is 20.2. The van der Waals surface area contributed by atoms with Crippen LogP contribution in [0.15, 0.2) is 30.5 Å². The minimum atomic E-state index is -4.54. The first kappa shape index (κ1) is 26.3. The van der Waals surface area contributed by atoms with E-state index in [-0.39, 0.29) is 23.2 Å². The Morgan fingerprint density at radius 2 is 1.95 bits per heavy atom. The molecule has 2 aliphatic rings. The van der Waals surface area contributed by atoms with Gasteiger partial charge in [0.15, 0.2) is 6.04 Å². The molecule has 0 unspecified atom stereocenters. The van der Waals surface area contributed by atoms with Gasteiger partial charge in [0.1, 0.15) is 22.5 Å². The summed E-state index contributed by atoms with van der Waals surface area (Å²) < 4.78 is 43.0. The average molecular weight is 542 g/mol. The molecule has 3 atom stereocenters. The number of carbonyl (C=O) groups is 1. The summed E-state index contributed by atoms with van der Waals surface area (Å²) >= 11 is 1.39. The lowest BCUT2D eigenvalue weighted by Gasteiger charge is -2.34. The van der Waals surface area contributed by atoms with Crippen molar-refractivity contribution in [2.75, 3.05) is 10.6 Å². The lowest BCUT2D eigenvalue weighted by molar-refractivity contribution is -0.173. The van der Waals surface area contributed by atoms with E-state index >= 15 is 0 Å². The first-order chi connectivity index (χ1) is 17.9. The third kappa shape index (κ3) is 4.80. The number of anilines is 2. The fourth-order valence-electron chi connectivity index (χ4n) is 5.45. The zero-order chi connectivity index (χ0) is 27.4. The van der Waals surface area contributed by atoms with E-state index in [1.807, 2.05) is 19.1 Å². The Morgan fingerprint density at radius 1 is 1.24 bits per heavy atom. The molecule has 0 saturated carbocycles. The fraction of sp³-hybridized carbons (Fsp3) is 0.464. The molecule has 0 radical (unpaired) electrons. The molecular weight excluding hydrogens is 511 g/mol. The standard InChI is InChI=1S/C28H30F3N5OS/c1-15-5-7-16(8-6-15)21-12-23(28(29,30)31)36-24(34-21)20(14-33-36)25(37)35-26-19(13-32)18-10-9-17(27(2,3)4)11-22(18)38-26/h5-8,14,17,21,23,34H,9-12H2,1-4H3,(H,35,37)/t17-,21-,23-/m0/s1. The first-order valence-corrected chi connectivity index (χ1v) is 13.5. The molecule has 1 aliphatic carbocycles. The van der Waals surface area contributed by atoms with E-state index < -0.39 is 24.2 Å². The number of benzene rings is 1. The molecule has 0 saturated heterocycles. The number of aromatic nitrogens is 2. The van der Waals surface area contributed by atoms with E-state index in [1.165, 1.54) is 17.5 Å². The van der Waals surface area contributed by atoms with Crippen LogP contribution in [0.4, 0.5) is 24.0 Å². The van der Waals surface area contributed by atoms with Gasteiger partial charge in [0.25, 0.3) is 5.91 Å². The number of aryl methyl sites for hydroxylation is 1. The SMILES string of the molecule is Cc1ccc([C@@H]2C[C@@H](C(F)(F)F)n3ncc(C(=O)Nc4sc5c(c4C#N)CC[C@H](C(C)(C)C)C5)c3N2)cc1. The Bertz CT molecular complexity index is 1410. The number of hydrogen-bond acceptors (Lipinski definition) is 5. The van der Waals surface area contributed by atoms with Gasteiger partial charge in [-0.25, -0.2) is 4.68 Å². The Hall–Kier alpha value is -3.32. The number of carbonyl (C=O) groups excluding carboxylic acids is 1. The quantitative estimate of drug-likeness (QED) is 0.368. The highest BCUT2D eigenvalue weighted by molar-refractivity contribution is 7.16. The maximum Gasteiger partial charge on any atom is 0.410 e. The van der Waals surface area contributed by atoms with Crippen molar-refractivity contribution in [1.29, 1.82) is 5.26 Å². The van der Waals surface area contributed by atoms with E-state index in [4.69, 9.17) is 0 Å². The number of halogens is 3. The lowest BCUT2D eigenvalue weighted by atomic mass is 9.72. The fourth-order valence-corrected chi connectivity index (χ4v) is 6.72. The average Bonchev–Trinajstić information content (AvgIpc) is 3.43. The number of amides is 1. The molecule has 10 heteroatoms. The molecule has 0 fully saturated rings. The molecule has 200 valence electrons. The Morgan fingerprint density at radius 3 is 2.58 bits per heavy atom. The number of nitrogens with zero attached hydrogens (tertiary/aromatic N) is 3. The number of rotatable bonds is 3. The Labute approximate surface area is 223 Å². The number of nitriles is 1. The highest BCUT2D eigenvalue weighted by atomic mass is 32.1. The van der Waals surface area contributed by atoms with E-state index in [1.54, 1.807) is 12.1 Å². The van der Waals surface area contributed by atoms with Gasteiger partial charge in [-0.1, -0.05) is 50.6 Å². The predicted octanol–water partition coefficient (Wildman–Crippen LogP) is 7.19. The molecule has 2 N–H and O–H groups in total. The van der Waals surface area contributed by atoms with E-state index in [2.05, 4.69) is 42.6 Å². The van der Waals surface area contributed by atoms with Crippen molar-refractivity contribution in [3.63, 3.8) is 0 Å². The first-order valence-electron chi connectivity index (χ1n) is 12.7. The lowest BCUT2D eigenvalue weighted by Crippen LogP contribution is -2.36. The van der Waals surface area contributed by atoms with E-state index in [0.717, 1.165) is 39.9 Å². The van der Waals surface area contributed by atoms with Gasteiger partial charge in [-0.05, 0) is 48.6 Å². The normalized spacial score (nSPS) is 21.2. The molecule has 6 nitrogen and oxygen atoms in total. The zero-order valence-corrected chi connectivity index (χ0v) is 22.6. The van der Waals surface area contributed by atoms with Gasteiger partial charge in [-0.2, -0.15) is 23.5 Å². The second kappa shape index (κ2) is 9.45. The maximum atomic E-state index is 14.1. The van der Waals surface area contributed by atoms with Crippen LogP contribution in [-0.4, -0.2) is 21.9 Å². The van der Waals surface area contributed by atoms with Crippen molar-refractivity contribution in [1.82, 2.24) is 9.78 Å².